The highest BCUT2D eigenvalue weighted by Gasteiger charge is 2.25. The normalized spacial score (nSPS) is 13.5. The van der Waals surface area contributed by atoms with Gasteiger partial charge in [0.15, 0.2) is 0 Å². The highest BCUT2D eigenvalue weighted by atomic mass is 16.6. The Bertz CT molecular complexity index is 718. The van der Waals surface area contributed by atoms with E-state index in [4.69, 9.17) is 5.73 Å². The molecule has 0 radical (unpaired) electrons. The molecule has 0 amide bonds. The number of hydrogen-bond acceptors (Lipinski definition) is 4. The Morgan fingerprint density at radius 1 is 1.35 bits per heavy atom. The van der Waals surface area contributed by atoms with Crippen molar-refractivity contribution in [1.82, 2.24) is 9.78 Å². The second kappa shape index (κ2) is 4.33. The van der Waals surface area contributed by atoms with Gasteiger partial charge in [0.1, 0.15) is 5.82 Å². The molecule has 6 heteroatoms. The van der Waals surface area contributed by atoms with Gasteiger partial charge in [0.05, 0.1) is 16.2 Å². The SMILES string of the molecule is Cc1ccc([N+](=O)[O-])c(C)c1-n1nc(N)c2c1CCC2. The third kappa shape index (κ3) is 1.68. The zero-order valence-electron chi connectivity index (χ0n) is 11.5. The lowest BCUT2D eigenvalue weighted by atomic mass is 10.1. The Balaban J connectivity index is 2.28. The quantitative estimate of drug-likeness (QED) is 0.672. The number of nitrogens with zero attached hydrogens (tertiary/aromatic N) is 3. The molecule has 2 aromatic rings. The van der Waals surface area contributed by atoms with Crippen LogP contribution in [0.4, 0.5) is 11.5 Å². The summed E-state index contributed by atoms with van der Waals surface area (Å²) < 4.78 is 1.80. The molecule has 1 aromatic heterocycles. The summed E-state index contributed by atoms with van der Waals surface area (Å²) >= 11 is 0. The molecule has 0 unspecified atom stereocenters. The largest absolute Gasteiger partial charge is 0.382 e. The topological polar surface area (TPSA) is 87.0 Å². The molecular formula is C14H16N4O2. The molecule has 2 N–H and O–H groups in total. The van der Waals surface area contributed by atoms with Crippen LogP contribution in [0, 0.1) is 24.0 Å². The highest BCUT2D eigenvalue weighted by molar-refractivity contribution is 5.59. The van der Waals surface area contributed by atoms with Crippen molar-refractivity contribution in [3.63, 3.8) is 0 Å². The zero-order valence-corrected chi connectivity index (χ0v) is 11.5. The Morgan fingerprint density at radius 3 is 2.80 bits per heavy atom. The lowest BCUT2D eigenvalue weighted by Crippen LogP contribution is -2.07. The molecule has 20 heavy (non-hydrogen) atoms. The zero-order chi connectivity index (χ0) is 14.4. The summed E-state index contributed by atoms with van der Waals surface area (Å²) in [7, 11) is 0. The van der Waals surface area contributed by atoms with E-state index in [1.165, 1.54) is 0 Å². The maximum absolute atomic E-state index is 11.1. The number of anilines is 1. The van der Waals surface area contributed by atoms with Crippen molar-refractivity contribution in [2.24, 2.45) is 0 Å². The Labute approximate surface area is 116 Å². The molecule has 0 atom stereocenters. The van der Waals surface area contributed by atoms with Gasteiger partial charge < -0.3 is 5.73 Å². The van der Waals surface area contributed by atoms with Crippen LogP contribution >= 0.6 is 0 Å². The van der Waals surface area contributed by atoms with Crippen LogP contribution in [0.1, 0.15) is 28.8 Å². The van der Waals surface area contributed by atoms with Crippen molar-refractivity contribution in [3.05, 3.63) is 44.6 Å². The van der Waals surface area contributed by atoms with Crippen molar-refractivity contribution in [2.75, 3.05) is 5.73 Å². The summed E-state index contributed by atoms with van der Waals surface area (Å²) in [5.74, 6) is 0.544. The molecule has 1 aromatic carbocycles. The fraction of sp³-hybridized carbons (Fsp3) is 0.357. The van der Waals surface area contributed by atoms with Gasteiger partial charge in [-0.25, -0.2) is 4.68 Å². The molecule has 0 saturated carbocycles. The average molecular weight is 272 g/mol. The third-order valence-corrected chi connectivity index (χ3v) is 3.97. The van der Waals surface area contributed by atoms with Crippen LogP contribution in [0.25, 0.3) is 5.69 Å². The molecule has 3 rings (SSSR count). The van der Waals surface area contributed by atoms with Gasteiger partial charge in [-0.15, -0.1) is 0 Å². The number of aromatic nitrogens is 2. The standard InChI is InChI=1S/C14H16N4O2/c1-8-6-7-11(18(19)20)9(2)13(8)17-12-5-3-4-10(12)14(15)16-17/h6-7H,3-5H2,1-2H3,(H2,15,16). The highest BCUT2D eigenvalue weighted by Crippen LogP contribution is 2.33. The first-order valence-electron chi connectivity index (χ1n) is 6.62. The van der Waals surface area contributed by atoms with Crippen molar-refractivity contribution in [2.45, 2.75) is 33.1 Å². The summed E-state index contributed by atoms with van der Waals surface area (Å²) in [4.78, 5) is 10.8. The number of fused-ring (bicyclic) bond motifs is 1. The maximum Gasteiger partial charge on any atom is 0.274 e. The van der Waals surface area contributed by atoms with E-state index in [0.717, 1.165) is 41.8 Å². The fourth-order valence-corrected chi connectivity index (χ4v) is 3.00. The number of nitrogens with two attached hydrogens (primary N) is 1. The molecule has 6 nitrogen and oxygen atoms in total. The van der Waals surface area contributed by atoms with Crippen LogP contribution in [-0.4, -0.2) is 14.7 Å². The minimum Gasteiger partial charge on any atom is -0.382 e. The van der Waals surface area contributed by atoms with Crippen LogP contribution in [0.3, 0.4) is 0 Å². The van der Waals surface area contributed by atoms with E-state index in [-0.39, 0.29) is 10.6 Å². The van der Waals surface area contributed by atoms with Gasteiger partial charge in [-0.3, -0.25) is 10.1 Å². The van der Waals surface area contributed by atoms with Crippen molar-refractivity contribution in [3.8, 4) is 5.69 Å². The minimum absolute atomic E-state index is 0.117. The summed E-state index contributed by atoms with van der Waals surface area (Å²) in [6.45, 7) is 3.70. The Hall–Kier alpha value is -2.37. The predicted octanol–water partition coefficient (Wildman–Crippen LogP) is 2.47. The predicted molar refractivity (Wildman–Crippen MR) is 76.1 cm³/mol. The van der Waals surface area contributed by atoms with Crippen LogP contribution < -0.4 is 5.73 Å². The molecule has 1 heterocycles. The van der Waals surface area contributed by atoms with Gasteiger partial charge in [0.2, 0.25) is 0 Å². The van der Waals surface area contributed by atoms with Gasteiger partial charge in [-0.05, 0) is 38.7 Å². The van der Waals surface area contributed by atoms with E-state index < -0.39 is 0 Å². The van der Waals surface area contributed by atoms with Crippen molar-refractivity contribution >= 4 is 11.5 Å². The molecule has 0 aliphatic heterocycles. The third-order valence-electron chi connectivity index (χ3n) is 3.97. The van der Waals surface area contributed by atoms with Crippen LogP contribution in [-0.2, 0) is 12.8 Å². The van der Waals surface area contributed by atoms with Crippen molar-refractivity contribution in [1.29, 1.82) is 0 Å². The molecule has 0 fully saturated rings. The number of benzene rings is 1. The lowest BCUT2D eigenvalue weighted by Gasteiger charge is -2.12. The van der Waals surface area contributed by atoms with Gasteiger partial charge >= 0.3 is 0 Å². The van der Waals surface area contributed by atoms with E-state index in [2.05, 4.69) is 5.10 Å². The fourth-order valence-electron chi connectivity index (χ4n) is 3.00. The number of hydrogen-bond donors (Lipinski definition) is 1. The first-order valence-corrected chi connectivity index (χ1v) is 6.62. The summed E-state index contributed by atoms with van der Waals surface area (Å²) in [5.41, 5.74) is 10.6. The van der Waals surface area contributed by atoms with Gasteiger partial charge in [-0.1, -0.05) is 6.07 Å². The summed E-state index contributed by atoms with van der Waals surface area (Å²) in [5, 5.41) is 15.5. The Morgan fingerprint density at radius 2 is 2.10 bits per heavy atom. The van der Waals surface area contributed by atoms with E-state index in [1.54, 1.807) is 23.7 Å². The maximum atomic E-state index is 11.1. The van der Waals surface area contributed by atoms with E-state index >= 15 is 0 Å². The van der Waals surface area contributed by atoms with Crippen LogP contribution in [0.15, 0.2) is 12.1 Å². The van der Waals surface area contributed by atoms with Gasteiger partial charge in [0.25, 0.3) is 5.69 Å². The van der Waals surface area contributed by atoms with Crippen LogP contribution in [0.5, 0.6) is 0 Å². The molecule has 104 valence electrons. The Kier molecular flexibility index (Phi) is 2.74. The molecule has 0 bridgehead atoms. The second-order valence-electron chi connectivity index (χ2n) is 5.21. The van der Waals surface area contributed by atoms with Gasteiger partial charge in [0, 0.05) is 17.3 Å². The number of aryl methyl sites for hydroxylation is 1. The first kappa shape index (κ1) is 12.7. The van der Waals surface area contributed by atoms with Crippen molar-refractivity contribution < 1.29 is 4.92 Å². The molecule has 1 aliphatic carbocycles. The van der Waals surface area contributed by atoms with E-state index in [1.807, 2.05) is 6.92 Å². The van der Waals surface area contributed by atoms with Gasteiger partial charge in [-0.2, -0.15) is 5.10 Å². The monoisotopic (exact) mass is 272 g/mol. The number of rotatable bonds is 2. The summed E-state index contributed by atoms with van der Waals surface area (Å²) in [6.07, 6.45) is 2.92. The number of nitrogen functional groups attached to an aromatic ring is 1. The molecule has 0 saturated heterocycles. The lowest BCUT2D eigenvalue weighted by molar-refractivity contribution is -0.385. The van der Waals surface area contributed by atoms with E-state index in [9.17, 15) is 10.1 Å². The average Bonchev–Trinajstić information content (AvgIpc) is 2.94. The first-order chi connectivity index (χ1) is 9.50. The number of nitro benzene ring substituents is 1. The smallest absolute Gasteiger partial charge is 0.274 e. The minimum atomic E-state index is -0.356. The number of nitro groups is 1. The van der Waals surface area contributed by atoms with E-state index in [0.29, 0.717) is 11.4 Å². The molecule has 0 spiro atoms. The molecular weight excluding hydrogens is 256 g/mol. The van der Waals surface area contributed by atoms with Crippen LogP contribution in [0.2, 0.25) is 0 Å². The summed E-state index contributed by atoms with van der Waals surface area (Å²) in [6, 6.07) is 3.31. The second-order valence-corrected chi connectivity index (χ2v) is 5.21. The molecule has 1 aliphatic rings.